The van der Waals surface area contributed by atoms with E-state index in [-0.39, 0.29) is 12.4 Å². The molecule has 0 aliphatic heterocycles. The van der Waals surface area contributed by atoms with E-state index in [2.05, 4.69) is 0 Å². The van der Waals surface area contributed by atoms with Gasteiger partial charge >= 0.3 is 5.97 Å². The lowest BCUT2D eigenvalue weighted by atomic mass is 10.2. The molecule has 0 atom stereocenters. The number of carbonyl (C=O) groups is 1. The lowest BCUT2D eigenvalue weighted by Gasteiger charge is -2.09. The van der Waals surface area contributed by atoms with Crippen LogP contribution < -0.4 is 9.47 Å². The quantitative estimate of drug-likeness (QED) is 0.793. The number of halogens is 1. The summed E-state index contributed by atoms with van der Waals surface area (Å²) in [6.07, 6.45) is 0. The molecule has 2 aromatic carbocycles. The molecule has 0 N–H and O–H groups in total. The van der Waals surface area contributed by atoms with Crippen LogP contribution in [0.25, 0.3) is 0 Å². The van der Waals surface area contributed by atoms with Crippen molar-refractivity contribution < 1.29 is 23.4 Å². The molecule has 0 aliphatic carbocycles. The molecule has 0 saturated carbocycles. The lowest BCUT2D eigenvalue weighted by Crippen LogP contribution is -2.06. The molecule has 0 bridgehead atoms. The minimum atomic E-state index is -0.486. The van der Waals surface area contributed by atoms with Crippen LogP contribution in [-0.4, -0.2) is 20.2 Å². The number of hydrogen-bond acceptors (Lipinski definition) is 4. The lowest BCUT2D eigenvalue weighted by molar-refractivity contribution is 0.0472. The molecule has 0 aliphatic rings. The van der Waals surface area contributed by atoms with Gasteiger partial charge in [-0.05, 0) is 35.9 Å². The van der Waals surface area contributed by atoms with Crippen molar-refractivity contribution in [2.45, 2.75) is 6.61 Å². The fraction of sp³-hybridized carbons (Fsp3) is 0.188. The second-order valence-corrected chi connectivity index (χ2v) is 4.27. The minimum Gasteiger partial charge on any atom is -0.493 e. The van der Waals surface area contributed by atoms with Crippen molar-refractivity contribution in [1.29, 1.82) is 0 Å². The number of carbonyl (C=O) groups excluding carboxylic acids is 1. The third kappa shape index (κ3) is 3.72. The smallest absolute Gasteiger partial charge is 0.338 e. The van der Waals surface area contributed by atoms with Gasteiger partial charge < -0.3 is 14.2 Å². The Balaban J connectivity index is 2.04. The largest absolute Gasteiger partial charge is 0.493 e. The molecule has 21 heavy (non-hydrogen) atoms. The summed E-state index contributed by atoms with van der Waals surface area (Å²) in [5.74, 6) is 0.173. The number of ether oxygens (including phenoxy) is 3. The molecule has 0 amide bonds. The first-order valence-corrected chi connectivity index (χ1v) is 6.27. The van der Waals surface area contributed by atoms with Crippen LogP contribution in [0.4, 0.5) is 4.39 Å². The van der Waals surface area contributed by atoms with Gasteiger partial charge in [0.1, 0.15) is 12.4 Å². The van der Waals surface area contributed by atoms with Crippen LogP contribution in [0.2, 0.25) is 0 Å². The number of rotatable bonds is 5. The van der Waals surface area contributed by atoms with Gasteiger partial charge in [-0.3, -0.25) is 0 Å². The standard InChI is InChI=1S/C16H15FO4/c1-19-14-8-5-12(9-15(14)20-2)16(18)21-10-11-3-6-13(17)7-4-11/h3-9H,10H2,1-2H3. The fourth-order valence-electron chi connectivity index (χ4n) is 1.78. The molecule has 0 fully saturated rings. The van der Waals surface area contributed by atoms with Gasteiger partial charge in [-0.15, -0.1) is 0 Å². The number of benzene rings is 2. The summed E-state index contributed by atoms with van der Waals surface area (Å²) >= 11 is 0. The van der Waals surface area contributed by atoms with Gasteiger partial charge in [-0.1, -0.05) is 12.1 Å². The second-order valence-electron chi connectivity index (χ2n) is 4.27. The van der Waals surface area contributed by atoms with Gasteiger partial charge in [0.25, 0.3) is 0 Å². The molecule has 0 spiro atoms. The van der Waals surface area contributed by atoms with Crippen LogP contribution in [0, 0.1) is 5.82 Å². The molecular weight excluding hydrogens is 275 g/mol. The van der Waals surface area contributed by atoms with E-state index in [4.69, 9.17) is 14.2 Å². The van der Waals surface area contributed by atoms with E-state index in [0.29, 0.717) is 22.6 Å². The zero-order valence-electron chi connectivity index (χ0n) is 11.8. The highest BCUT2D eigenvalue weighted by molar-refractivity contribution is 5.90. The van der Waals surface area contributed by atoms with Crippen LogP contribution in [0.1, 0.15) is 15.9 Å². The third-order valence-corrected chi connectivity index (χ3v) is 2.90. The predicted octanol–water partition coefficient (Wildman–Crippen LogP) is 3.20. The first-order valence-electron chi connectivity index (χ1n) is 6.27. The van der Waals surface area contributed by atoms with Crippen LogP contribution in [0.5, 0.6) is 11.5 Å². The molecule has 0 heterocycles. The van der Waals surface area contributed by atoms with E-state index in [1.54, 1.807) is 30.3 Å². The maximum Gasteiger partial charge on any atom is 0.338 e. The highest BCUT2D eigenvalue weighted by Gasteiger charge is 2.12. The molecule has 2 aromatic rings. The monoisotopic (exact) mass is 290 g/mol. The van der Waals surface area contributed by atoms with Crippen LogP contribution in [0.3, 0.4) is 0 Å². The molecule has 0 unspecified atom stereocenters. The van der Waals surface area contributed by atoms with Crippen molar-refractivity contribution in [1.82, 2.24) is 0 Å². The Kier molecular flexibility index (Phi) is 4.77. The molecule has 110 valence electrons. The van der Waals surface area contributed by atoms with Crippen molar-refractivity contribution in [3.05, 3.63) is 59.4 Å². The zero-order chi connectivity index (χ0) is 15.2. The highest BCUT2D eigenvalue weighted by atomic mass is 19.1. The minimum absolute atomic E-state index is 0.0768. The average molecular weight is 290 g/mol. The molecule has 5 heteroatoms. The number of methoxy groups -OCH3 is 2. The predicted molar refractivity (Wildman–Crippen MR) is 75.1 cm³/mol. The van der Waals surface area contributed by atoms with Gasteiger partial charge in [0.15, 0.2) is 11.5 Å². The first kappa shape index (κ1) is 14.8. The molecule has 0 saturated heterocycles. The Morgan fingerprint density at radius 1 is 1.00 bits per heavy atom. The van der Waals surface area contributed by atoms with Crippen LogP contribution >= 0.6 is 0 Å². The molecule has 0 aromatic heterocycles. The summed E-state index contributed by atoms with van der Waals surface area (Å²) in [6.45, 7) is 0.0768. The van der Waals surface area contributed by atoms with Gasteiger partial charge in [0.2, 0.25) is 0 Å². The molecule has 4 nitrogen and oxygen atoms in total. The summed E-state index contributed by atoms with van der Waals surface area (Å²) in [5.41, 5.74) is 1.07. The molecule has 2 rings (SSSR count). The van der Waals surface area contributed by atoms with Crippen molar-refractivity contribution in [3.63, 3.8) is 0 Å². The normalized spacial score (nSPS) is 10.0. The molecule has 0 radical (unpaired) electrons. The summed E-state index contributed by atoms with van der Waals surface area (Å²) in [5, 5.41) is 0. The Morgan fingerprint density at radius 2 is 1.67 bits per heavy atom. The molecular formula is C16H15FO4. The SMILES string of the molecule is COc1ccc(C(=O)OCc2ccc(F)cc2)cc1OC. The highest BCUT2D eigenvalue weighted by Crippen LogP contribution is 2.27. The summed E-state index contributed by atoms with van der Waals surface area (Å²) in [4.78, 5) is 12.0. The zero-order valence-corrected chi connectivity index (χ0v) is 11.8. The van der Waals surface area contributed by atoms with Crippen molar-refractivity contribution in [2.75, 3.05) is 14.2 Å². The summed E-state index contributed by atoms with van der Waals surface area (Å²) < 4.78 is 28.2. The topological polar surface area (TPSA) is 44.8 Å². The van der Waals surface area contributed by atoms with E-state index in [0.717, 1.165) is 0 Å². The van der Waals surface area contributed by atoms with E-state index in [1.165, 1.54) is 26.4 Å². The third-order valence-electron chi connectivity index (χ3n) is 2.90. The van der Waals surface area contributed by atoms with E-state index >= 15 is 0 Å². The van der Waals surface area contributed by atoms with Gasteiger partial charge in [-0.25, -0.2) is 9.18 Å². The van der Waals surface area contributed by atoms with Gasteiger partial charge in [0, 0.05) is 0 Å². The Labute approximate surface area is 122 Å². The second kappa shape index (κ2) is 6.74. The van der Waals surface area contributed by atoms with Gasteiger partial charge in [0.05, 0.1) is 19.8 Å². The van der Waals surface area contributed by atoms with E-state index in [9.17, 15) is 9.18 Å². The maximum absolute atomic E-state index is 12.8. The summed E-state index contributed by atoms with van der Waals surface area (Å²) in [6, 6.07) is 10.5. The fourth-order valence-corrected chi connectivity index (χ4v) is 1.78. The van der Waals surface area contributed by atoms with Crippen LogP contribution in [-0.2, 0) is 11.3 Å². The Bertz CT molecular complexity index is 623. The summed E-state index contributed by atoms with van der Waals surface area (Å²) in [7, 11) is 3.01. The van der Waals surface area contributed by atoms with Crippen molar-refractivity contribution in [3.8, 4) is 11.5 Å². The van der Waals surface area contributed by atoms with E-state index < -0.39 is 5.97 Å². The first-order chi connectivity index (χ1) is 10.1. The van der Waals surface area contributed by atoms with E-state index in [1.807, 2.05) is 0 Å². The Hall–Kier alpha value is -2.56. The Morgan fingerprint density at radius 3 is 2.29 bits per heavy atom. The number of esters is 1. The number of hydrogen-bond donors (Lipinski definition) is 0. The van der Waals surface area contributed by atoms with Gasteiger partial charge in [-0.2, -0.15) is 0 Å². The maximum atomic E-state index is 12.8. The van der Waals surface area contributed by atoms with Crippen LogP contribution in [0.15, 0.2) is 42.5 Å². The van der Waals surface area contributed by atoms with Crippen molar-refractivity contribution in [2.24, 2.45) is 0 Å². The average Bonchev–Trinajstić information content (AvgIpc) is 2.53. The van der Waals surface area contributed by atoms with Crippen molar-refractivity contribution >= 4 is 5.97 Å².